The second-order valence-electron chi connectivity index (χ2n) is 3.52. The van der Waals surface area contributed by atoms with Gasteiger partial charge in [0, 0.05) is 6.20 Å². The summed E-state index contributed by atoms with van der Waals surface area (Å²) < 4.78 is 1.90. The lowest BCUT2D eigenvalue weighted by molar-refractivity contribution is 0.645. The highest BCUT2D eigenvalue weighted by molar-refractivity contribution is 5.21. The van der Waals surface area contributed by atoms with Crippen molar-refractivity contribution in [2.45, 2.75) is 32.7 Å². The van der Waals surface area contributed by atoms with E-state index in [1.54, 1.807) is 0 Å². The highest BCUT2D eigenvalue weighted by atomic mass is 15.4. The summed E-state index contributed by atoms with van der Waals surface area (Å²) in [7, 11) is 0. The molecule has 0 aliphatic heterocycles. The molecule has 0 saturated heterocycles. The molecule has 1 aromatic rings. The highest BCUT2D eigenvalue weighted by Gasteiger charge is 2.01. The van der Waals surface area contributed by atoms with Gasteiger partial charge in [0.2, 0.25) is 0 Å². The van der Waals surface area contributed by atoms with Gasteiger partial charge in [-0.15, -0.1) is 5.10 Å². The molecular formula is C11H15N3. The van der Waals surface area contributed by atoms with Crippen LogP contribution >= 0.6 is 0 Å². The Bertz CT molecular complexity index is 360. The van der Waals surface area contributed by atoms with Gasteiger partial charge in [0.25, 0.3) is 0 Å². The fraction of sp³-hybridized carbons (Fsp3) is 0.455. The zero-order valence-corrected chi connectivity index (χ0v) is 8.48. The molecule has 3 heteroatoms. The number of aryl methyl sites for hydroxylation is 1. The molecule has 0 unspecified atom stereocenters. The quantitative estimate of drug-likeness (QED) is 0.729. The van der Waals surface area contributed by atoms with E-state index in [9.17, 15) is 0 Å². The van der Waals surface area contributed by atoms with Gasteiger partial charge in [-0.2, -0.15) is 0 Å². The SMILES string of the molecule is CCc1cn(CC2=CCCC=C2)nn1. The van der Waals surface area contributed by atoms with Crippen molar-refractivity contribution in [3.63, 3.8) is 0 Å². The van der Waals surface area contributed by atoms with Crippen LogP contribution in [0.4, 0.5) is 0 Å². The van der Waals surface area contributed by atoms with Crippen LogP contribution in [0.1, 0.15) is 25.5 Å². The fourth-order valence-electron chi connectivity index (χ4n) is 1.55. The van der Waals surface area contributed by atoms with Gasteiger partial charge in [0.15, 0.2) is 0 Å². The van der Waals surface area contributed by atoms with Gasteiger partial charge in [0.05, 0.1) is 12.2 Å². The smallest absolute Gasteiger partial charge is 0.0824 e. The standard InChI is InChI=1S/C11H15N3/c1-2-11-9-14(13-12-11)8-10-6-4-3-5-7-10/h4,6-7,9H,2-3,5,8H2,1H3. The first-order valence-corrected chi connectivity index (χ1v) is 5.13. The molecule has 0 aromatic carbocycles. The monoisotopic (exact) mass is 189 g/mol. The topological polar surface area (TPSA) is 30.7 Å². The van der Waals surface area contributed by atoms with Crippen molar-refractivity contribution in [3.8, 4) is 0 Å². The zero-order valence-electron chi connectivity index (χ0n) is 8.48. The first-order valence-electron chi connectivity index (χ1n) is 5.13. The van der Waals surface area contributed by atoms with Crippen molar-refractivity contribution >= 4 is 0 Å². The van der Waals surface area contributed by atoms with E-state index in [-0.39, 0.29) is 0 Å². The minimum atomic E-state index is 0.851. The number of allylic oxidation sites excluding steroid dienone is 4. The second-order valence-corrected chi connectivity index (χ2v) is 3.52. The maximum atomic E-state index is 4.07. The summed E-state index contributed by atoms with van der Waals surface area (Å²) >= 11 is 0. The average Bonchev–Trinajstić information content (AvgIpc) is 2.67. The molecule has 0 atom stereocenters. The van der Waals surface area contributed by atoms with Gasteiger partial charge in [-0.1, -0.05) is 30.4 Å². The first kappa shape index (κ1) is 9.19. The molecule has 0 spiro atoms. The highest BCUT2D eigenvalue weighted by Crippen LogP contribution is 2.11. The fourth-order valence-corrected chi connectivity index (χ4v) is 1.55. The van der Waals surface area contributed by atoms with E-state index in [1.807, 2.05) is 10.9 Å². The first-order chi connectivity index (χ1) is 6.88. The molecule has 1 heterocycles. The maximum absolute atomic E-state index is 4.07. The Hall–Kier alpha value is -1.38. The van der Waals surface area contributed by atoms with Crippen LogP contribution in [0.2, 0.25) is 0 Å². The molecule has 0 radical (unpaired) electrons. The van der Waals surface area contributed by atoms with Gasteiger partial charge in [0.1, 0.15) is 0 Å². The molecule has 74 valence electrons. The Kier molecular flexibility index (Phi) is 2.77. The molecule has 1 aliphatic carbocycles. The Balaban J connectivity index is 2.03. The van der Waals surface area contributed by atoms with E-state index in [4.69, 9.17) is 0 Å². The van der Waals surface area contributed by atoms with Crippen LogP contribution in [0.15, 0.2) is 30.0 Å². The van der Waals surface area contributed by atoms with E-state index in [2.05, 4.69) is 35.5 Å². The van der Waals surface area contributed by atoms with E-state index in [1.165, 1.54) is 12.0 Å². The average molecular weight is 189 g/mol. The van der Waals surface area contributed by atoms with Crippen LogP contribution in [-0.2, 0) is 13.0 Å². The van der Waals surface area contributed by atoms with E-state index in [0.717, 1.165) is 25.1 Å². The van der Waals surface area contributed by atoms with Gasteiger partial charge in [-0.3, -0.25) is 0 Å². The molecular weight excluding hydrogens is 174 g/mol. The third-order valence-corrected chi connectivity index (χ3v) is 2.36. The van der Waals surface area contributed by atoms with Crippen molar-refractivity contribution in [2.75, 3.05) is 0 Å². The van der Waals surface area contributed by atoms with E-state index in [0.29, 0.717) is 0 Å². The number of nitrogens with zero attached hydrogens (tertiary/aromatic N) is 3. The summed E-state index contributed by atoms with van der Waals surface area (Å²) in [5.74, 6) is 0. The molecule has 1 aliphatic rings. The lowest BCUT2D eigenvalue weighted by Gasteiger charge is -2.05. The van der Waals surface area contributed by atoms with Gasteiger partial charge < -0.3 is 0 Å². The summed E-state index contributed by atoms with van der Waals surface area (Å²) in [4.78, 5) is 0. The number of aromatic nitrogens is 3. The Morgan fingerprint density at radius 3 is 3.00 bits per heavy atom. The predicted molar refractivity (Wildman–Crippen MR) is 55.9 cm³/mol. The molecule has 0 N–H and O–H groups in total. The molecule has 0 fully saturated rings. The molecule has 0 saturated carbocycles. The normalized spacial score (nSPS) is 15.6. The summed E-state index contributed by atoms with van der Waals surface area (Å²) in [5.41, 5.74) is 2.40. The Morgan fingerprint density at radius 1 is 1.43 bits per heavy atom. The summed E-state index contributed by atoms with van der Waals surface area (Å²) in [5, 5.41) is 8.13. The van der Waals surface area contributed by atoms with Crippen molar-refractivity contribution in [1.29, 1.82) is 0 Å². The lowest BCUT2D eigenvalue weighted by atomic mass is 10.1. The van der Waals surface area contributed by atoms with Gasteiger partial charge in [-0.25, -0.2) is 4.68 Å². The Morgan fingerprint density at radius 2 is 2.36 bits per heavy atom. The minimum Gasteiger partial charge on any atom is -0.248 e. The minimum absolute atomic E-state index is 0.851. The summed E-state index contributed by atoms with van der Waals surface area (Å²) in [6, 6.07) is 0. The van der Waals surface area contributed by atoms with Crippen molar-refractivity contribution in [2.24, 2.45) is 0 Å². The van der Waals surface area contributed by atoms with Crippen LogP contribution in [0.25, 0.3) is 0 Å². The van der Waals surface area contributed by atoms with Crippen LogP contribution in [-0.4, -0.2) is 15.0 Å². The number of rotatable bonds is 3. The van der Waals surface area contributed by atoms with Crippen molar-refractivity contribution in [1.82, 2.24) is 15.0 Å². The molecule has 0 amide bonds. The van der Waals surface area contributed by atoms with Crippen LogP contribution in [0, 0.1) is 0 Å². The third kappa shape index (κ3) is 2.10. The summed E-state index contributed by atoms with van der Waals surface area (Å²) in [6.07, 6.45) is 12.0. The molecule has 14 heavy (non-hydrogen) atoms. The lowest BCUT2D eigenvalue weighted by Crippen LogP contribution is -2.01. The second kappa shape index (κ2) is 4.22. The number of hydrogen-bond acceptors (Lipinski definition) is 2. The maximum Gasteiger partial charge on any atom is 0.0824 e. The van der Waals surface area contributed by atoms with Crippen LogP contribution in [0.3, 0.4) is 0 Å². The van der Waals surface area contributed by atoms with E-state index >= 15 is 0 Å². The Labute approximate surface area is 84.1 Å². The van der Waals surface area contributed by atoms with Crippen LogP contribution in [0.5, 0.6) is 0 Å². The molecule has 2 rings (SSSR count). The zero-order chi connectivity index (χ0) is 9.80. The van der Waals surface area contributed by atoms with Gasteiger partial charge in [-0.05, 0) is 24.8 Å². The van der Waals surface area contributed by atoms with Crippen molar-refractivity contribution < 1.29 is 0 Å². The summed E-state index contributed by atoms with van der Waals surface area (Å²) in [6.45, 7) is 2.94. The molecule has 1 aromatic heterocycles. The number of hydrogen-bond donors (Lipinski definition) is 0. The molecule has 3 nitrogen and oxygen atoms in total. The van der Waals surface area contributed by atoms with E-state index < -0.39 is 0 Å². The van der Waals surface area contributed by atoms with Crippen LogP contribution < -0.4 is 0 Å². The van der Waals surface area contributed by atoms with Crippen molar-refractivity contribution in [3.05, 3.63) is 35.7 Å². The van der Waals surface area contributed by atoms with Gasteiger partial charge >= 0.3 is 0 Å². The largest absolute Gasteiger partial charge is 0.248 e. The predicted octanol–water partition coefficient (Wildman–Crippen LogP) is 2.12. The third-order valence-electron chi connectivity index (χ3n) is 2.36. The molecule has 0 bridgehead atoms.